The van der Waals surface area contributed by atoms with Crippen LogP contribution in [-0.2, 0) is 0 Å². The highest BCUT2D eigenvalue weighted by Crippen LogP contribution is 2.31. The van der Waals surface area contributed by atoms with Gasteiger partial charge in [-0.15, -0.1) is 0 Å². The molecule has 1 aliphatic carbocycles. The van der Waals surface area contributed by atoms with Crippen LogP contribution in [0.5, 0.6) is 0 Å². The normalized spacial score (nSPS) is 14.8. The van der Waals surface area contributed by atoms with Gasteiger partial charge in [0.1, 0.15) is 5.82 Å². The second-order valence-corrected chi connectivity index (χ2v) is 5.80. The number of hydrogen-bond donors (Lipinski definition) is 0. The van der Waals surface area contributed by atoms with Crippen molar-refractivity contribution in [2.75, 3.05) is 0 Å². The lowest BCUT2D eigenvalue weighted by atomic mass is 9.99. The summed E-state index contributed by atoms with van der Waals surface area (Å²) in [5.74, 6) is 1.07. The monoisotopic (exact) mass is 286 g/mol. The highest BCUT2D eigenvalue weighted by Gasteiger charge is 2.16. The van der Waals surface area contributed by atoms with Gasteiger partial charge in [0.25, 0.3) is 0 Å². The third kappa shape index (κ3) is 2.17. The molecule has 2 nitrogen and oxygen atoms in total. The molecule has 3 aromatic rings. The molecule has 0 spiro atoms. The molecular formula is C20H18N2. The van der Waals surface area contributed by atoms with Crippen LogP contribution in [0, 0.1) is 0 Å². The topological polar surface area (TPSA) is 17.8 Å². The molecule has 2 heteroatoms. The van der Waals surface area contributed by atoms with E-state index >= 15 is 0 Å². The van der Waals surface area contributed by atoms with Crippen molar-refractivity contribution in [2.45, 2.75) is 19.8 Å². The summed E-state index contributed by atoms with van der Waals surface area (Å²) in [6.07, 6.45) is 6.61. The maximum Gasteiger partial charge on any atom is 0.141 e. The molecule has 1 aliphatic rings. The second-order valence-electron chi connectivity index (χ2n) is 5.80. The van der Waals surface area contributed by atoms with Crippen LogP contribution in [0.4, 0.5) is 0 Å². The van der Waals surface area contributed by atoms with Crippen LogP contribution in [0.15, 0.2) is 72.3 Å². The average Bonchev–Trinajstić information content (AvgIpc) is 2.96. The van der Waals surface area contributed by atoms with Crippen molar-refractivity contribution >= 4 is 16.6 Å². The Morgan fingerprint density at radius 1 is 0.864 bits per heavy atom. The van der Waals surface area contributed by atoms with Gasteiger partial charge in [-0.1, -0.05) is 48.1 Å². The van der Waals surface area contributed by atoms with Crippen molar-refractivity contribution in [2.24, 2.45) is 0 Å². The number of rotatable bonds is 2. The number of para-hydroxylation sites is 3. The van der Waals surface area contributed by atoms with Gasteiger partial charge < -0.3 is 0 Å². The summed E-state index contributed by atoms with van der Waals surface area (Å²) in [4.78, 5) is 4.90. The van der Waals surface area contributed by atoms with Crippen LogP contribution < -0.4 is 0 Å². The van der Waals surface area contributed by atoms with Gasteiger partial charge in [-0.3, -0.25) is 4.57 Å². The van der Waals surface area contributed by atoms with Gasteiger partial charge in [-0.2, -0.15) is 0 Å². The Morgan fingerprint density at radius 2 is 1.64 bits per heavy atom. The van der Waals surface area contributed by atoms with Crippen LogP contribution in [0.1, 0.15) is 25.6 Å². The van der Waals surface area contributed by atoms with Gasteiger partial charge in [0.15, 0.2) is 0 Å². The second kappa shape index (κ2) is 5.30. The smallest absolute Gasteiger partial charge is 0.141 e. The number of allylic oxidation sites excluding steroid dienone is 4. The molecule has 0 saturated heterocycles. The largest absolute Gasteiger partial charge is 0.293 e. The van der Waals surface area contributed by atoms with Crippen LogP contribution in [0.25, 0.3) is 22.3 Å². The number of fused-ring (bicyclic) bond motifs is 1. The minimum absolute atomic E-state index is 1.05. The lowest BCUT2D eigenvalue weighted by molar-refractivity contribution is 0.941. The van der Waals surface area contributed by atoms with Gasteiger partial charge in [-0.25, -0.2) is 4.98 Å². The van der Waals surface area contributed by atoms with E-state index in [-0.39, 0.29) is 0 Å². The summed E-state index contributed by atoms with van der Waals surface area (Å²) in [6.45, 7) is 2.19. The minimum Gasteiger partial charge on any atom is -0.293 e. The van der Waals surface area contributed by atoms with Crippen molar-refractivity contribution < 1.29 is 0 Å². The van der Waals surface area contributed by atoms with Gasteiger partial charge in [0.05, 0.1) is 11.0 Å². The number of imidazole rings is 1. The molecule has 0 N–H and O–H groups in total. The Labute approximate surface area is 130 Å². The summed E-state index contributed by atoms with van der Waals surface area (Å²) in [5.41, 5.74) is 6.12. The molecule has 0 saturated carbocycles. The predicted molar refractivity (Wildman–Crippen MR) is 92.0 cm³/mol. The van der Waals surface area contributed by atoms with Gasteiger partial charge >= 0.3 is 0 Å². The summed E-state index contributed by atoms with van der Waals surface area (Å²) in [7, 11) is 0. The zero-order chi connectivity index (χ0) is 14.9. The van der Waals surface area contributed by atoms with Crippen molar-refractivity contribution in [3.63, 3.8) is 0 Å². The first kappa shape index (κ1) is 13.1. The standard InChI is InChI=1S/C20H18N2/c1-15-11-13-16(14-12-15)20-21-18-9-5-6-10-19(18)22(20)17-7-3-2-4-8-17/h2-11,13H,12,14H2,1H3. The molecule has 2 aromatic carbocycles. The van der Waals surface area contributed by atoms with Crippen molar-refractivity contribution in [1.29, 1.82) is 0 Å². The molecule has 1 heterocycles. The fourth-order valence-corrected chi connectivity index (χ4v) is 3.01. The molecule has 4 rings (SSSR count). The van der Waals surface area contributed by atoms with Crippen LogP contribution >= 0.6 is 0 Å². The molecule has 0 aliphatic heterocycles. The fourth-order valence-electron chi connectivity index (χ4n) is 3.01. The van der Waals surface area contributed by atoms with Crippen molar-refractivity contribution in [1.82, 2.24) is 9.55 Å². The number of hydrogen-bond acceptors (Lipinski definition) is 1. The SMILES string of the molecule is CC1=CC=C(c2nc3ccccc3n2-c2ccccc2)CC1. The Morgan fingerprint density at radius 3 is 2.41 bits per heavy atom. The van der Waals surface area contributed by atoms with E-state index in [4.69, 9.17) is 4.98 Å². The molecule has 1 aromatic heterocycles. The van der Waals surface area contributed by atoms with E-state index in [1.807, 2.05) is 12.1 Å². The maximum atomic E-state index is 4.90. The van der Waals surface area contributed by atoms with Crippen molar-refractivity contribution in [3.05, 3.63) is 78.1 Å². The third-order valence-electron chi connectivity index (χ3n) is 4.22. The molecule has 0 unspecified atom stereocenters. The van der Waals surface area contributed by atoms with E-state index < -0.39 is 0 Å². The summed E-state index contributed by atoms with van der Waals surface area (Å²) >= 11 is 0. The van der Waals surface area contributed by atoms with E-state index in [0.29, 0.717) is 0 Å². The molecule has 22 heavy (non-hydrogen) atoms. The molecular weight excluding hydrogens is 268 g/mol. The Kier molecular flexibility index (Phi) is 3.15. The maximum absolute atomic E-state index is 4.90. The Balaban J connectivity index is 1.99. The minimum atomic E-state index is 1.05. The molecule has 0 radical (unpaired) electrons. The first-order chi connectivity index (χ1) is 10.8. The lowest BCUT2D eigenvalue weighted by Crippen LogP contribution is -2.02. The van der Waals surface area contributed by atoms with E-state index in [1.54, 1.807) is 0 Å². The molecule has 0 bridgehead atoms. The van der Waals surface area contributed by atoms with Crippen LogP contribution in [0.3, 0.4) is 0 Å². The lowest BCUT2D eigenvalue weighted by Gasteiger charge is -2.14. The third-order valence-corrected chi connectivity index (χ3v) is 4.22. The predicted octanol–water partition coefficient (Wildman–Crippen LogP) is 5.15. The van der Waals surface area contributed by atoms with Gasteiger partial charge in [-0.05, 0) is 49.6 Å². The van der Waals surface area contributed by atoms with E-state index in [0.717, 1.165) is 29.7 Å². The number of nitrogens with zero attached hydrogens (tertiary/aromatic N) is 2. The Bertz CT molecular complexity index is 882. The molecule has 0 amide bonds. The number of benzene rings is 2. The van der Waals surface area contributed by atoms with E-state index in [2.05, 4.69) is 66.1 Å². The first-order valence-corrected chi connectivity index (χ1v) is 7.72. The zero-order valence-corrected chi connectivity index (χ0v) is 12.7. The fraction of sp³-hybridized carbons (Fsp3) is 0.150. The van der Waals surface area contributed by atoms with Crippen LogP contribution in [0.2, 0.25) is 0 Å². The average molecular weight is 286 g/mol. The van der Waals surface area contributed by atoms with Crippen LogP contribution in [-0.4, -0.2) is 9.55 Å². The molecule has 0 fully saturated rings. The summed E-state index contributed by atoms with van der Waals surface area (Å²) < 4.78 is 2.27. The van der Waals surface area contributed by atoms with E-state index in [9.17, 15) is 0 Å². The quantitative estimate of drug-likeness (QED) is 0.637. The zero-order valence-electron chi connectivity index (χ0n) is 12.7. The first-order valence-electron chi connectivity index (χ1n) is 7.72. The highest BCUT2D eigenvalue weighted by atomic mass is 15.1. The number of aromatic nitrogens is 2. The molecule has 0 atom stereocenters. The highest BCUT2D eigenvalue weighted by molar-refractivity contribution is 5.82. The van der Waals surface area contributed by atoms with Gasteiger partial charge in [0, 0.05) is 5.69 Å². The van der Waals surface area contributed by atoms with E-state index in [1.165, 1.54) is 16.8 Å². The summed E-state index contributed by atoms with van der Waals surface area (Å²) in [5, 5.41) is 0. The summed E-state index contributed by atoms with van der Waals surface area (Å²) in [6, 6.07) is 18.8. The van der Waals surface area contributed by atoms with Gasteiger partial charge in [0.2, 0.25) is 0 Å². The Hall–Kier alpha value is -2.61. The van der Waals surface area contributed by atoms with Crippen molar-refractivity contribution in [3.8, 4) is 5.69 Å². The molecule has 108 valence electrons.